The number of carbonyl (C=O) groups excluding carboxylic acids is 3. The number of carbonyl (C=O) groups is 4. The predicted molar refractivity (Wildman–Crippen MR) is 126 cm³/mol. The summed E-state index contributed by atoms with van der Waals surface area (Å²) in [6.07, 6.45) is -3.72. The summed E-state index contributed by atoms with van der Waals surface area (Å²) in [6, 6.07) is 2.02. The fraction of sp³-hybridized carbons (Fsp3) is 0.583. The second-order valence-corrected chi connectivity index (χ2v) is 9.24. The number of likely N-dealkylation sites (tertiary alicyclic amines) is 1. The van der Waals surface area contributed by atoms with E-state index in [2.05, 4.69) is 10.1 Å². The van der Waals surface area contributed by atoms with E-state index in [9.17, 15) is 33.1 Å². The first kappa shape index (κ1) is 27.2. The molecule has 1 aromatic carbocycles. The number of nitrogens with zero attached hydrogens (tertiary/aromatic N) is 3. The quantitative estimate of drug-likeness (QED) is 0.582. The molecule has 1 unspecified atom stereocenters. The number of carboxylic acid groups (broad SMARTS) is 1. The summed E-state index contributed by atoms with van der Waals surface area (Å²) in [4.78, 5) is 53.0. The Balaban J connectivity index is 1.96. The van der Waals surface area contributed by atoms with Gasteiger partial charge in [-0.15, -0.1) is 0 Å². The summed E-state index contributed by atoms with van der Waals surface area (Å²) in [6.45, 7) is 7.12. The molecule has 2 N–H and O–H groups in total. The van der Waals surface area contributed by atoms with E-state index in [4.69, 9.17) is 0 Å². The number of anilines is 1. The van der Waals surface area contributed by atoms with Crippen molar-refractivity contribution in [3.05, 3.63) is 23.3 Å². The third-order valence-electron chi connectivity index (χ3n) is 6.39. The van der Waals surface area contributed by atoms with Crippen LogP contribution in [-0.4, -0.2) is 83.1 Å². The summed E-state index contributed by atoms with van der Waals surface area (Å²) < 4.78 is 33.3. The fourth-order valence-electron chi connectivity index (χ4n) is 4.61. The van der Waals surface area contributed by atoms with Crippen molar-refractivity contribution in [1.29, 1.82) is 0 Å². The molecule has 2 aliphatic heterocycles. The van der Waals surface area contributed by atoms with Crippen LogP contribution in [0.15, 0.2) is 12.1 Å². The SMILES string of the molecule is CCC(=O)NCCN1C(=O)C(F)(F)Oc2cc(C)c(C(=O)N(C(C)C)C3CCCN(C(=O)O)C3)cc21. The highest BCUT2D eigenvalue weighted by Crippen LogP contribution is 2.41. The maximum atomic E-state index is 14.3. The smallest absolute Gasteiger partial charge is 0.465 e. The van der Waals surface area contributed by atoms with Crippen molar-refractivity contribution in [2.45, 2.75) is 65.1 Å². The van der Waals surface area contributed by atoms with Gasteiger partial charge < -0.3 is 25.0 Å². The van der Waals surface area contributed by atoms with Crippen LogP contribution in [0.5, 0.6) is 5.75 Å². The minimum absolute atomic E-state index is 0.00475. The van der Waals surface area contributed by atoms with Crippen LogP contribution >= 0.6 is 0 Å². The van der Waals surface area contributed by atoms with Crippen molar-refractivity contribution >= 4 is 29.5 Å². The maximum Gasteiger partial charge on any atom is 0.482 e. The van der Waals surface area contributed by atoms with E-state index in [1.807, 2.05) is 13.8 Å². The van der Waals surface area contributed by atoms with Crippen LogP contribution in [0.25, 0.3) is 0 Å². The van der Waals surface area contributed by atoms with E-state index in [1.165, 1.54) is 17.0 Å². The number of benzene rings is 1. The maximum absolute atomic E-state index is 14.3. The zero-order chi connectivity index (χ0) is 26.8. The van der Waals surface area contributed by atoms with Crippen molar-refractivity contribution < 1.29 is 37.8 Å². The number of alkyl halides is 2. The monoisotopic (exact) mass is 510 g/mol. The lowest BCUT2D eigenvalue weighted by Crippen LogP contribution is -2.54. The molecular weight excluding hydrogens is 478 g/mol. The lowest BCUT2D eigenvalue weighted by molar-refractivity contribution is -0.192. The van der Waals surface area contributed by atoms with Gasteiger partial charge in [0.05, 0.1) is 11.7 Å². The van der Waals surface area contributed by atoms with Crippen LogP contribution < -0.4 is 15.0 Å². The highest BCUT2D eigenvalue weighted by atomic mass is 19.3. The van der Waals surface area contributed by atoms with Crippen molar-refractivity contribution in [3.63, 3.8) is 0 Å². The molecular formula is C24H32F2N4O6. The number of hydrogen-bond acceptors (Lipinski definition) is 5. The van der Waals surface area contributed by atoms with Gasteiger partial charge in [-0.25, -0.2) is 4.79 Å². The molecule has 2 aliphatic rings. The van der Waals surface area contributed by atoms with Gasteiger partial charge >= 0.3 is 18.1 Å². The minimum atomic E-state index is -4.09. The Hall–Kier alpha value is -3.44. The number of fused-ring (bicyclic) bond motifs is 1. The van der Waals surface area contributed by atoms with Gasteiger partial charge in [0.2, 0.25) is 5.91 Å². The molecule has 0 aliphatic carbocycles. The van der Waals surface area contributed by atoms with Crippen LogP contribution in [0, 0.1) is 6.92 Å². The van der Waals surface area contributed by atoms with Crippen LogP contribution in [0.4, 0.5) is 19.3 Å². The Morgan fingerprint density at radius 1 is 1.31 bits per heavy atom. The predicted octanol–water partition coefficient (Wildman–Crippen LogP) is 2.83. The molecule has 2 heterocycles. The van der Waals surface area contributed by atoms with Crippen LogP contribution in [0.3, 0.4) is 0 Å². The number of hydrogen-bond donors (Lipinski definition) is 2. The molecule has 0 bridgehead atoms. The molecule has 0 saturated carbocycles. The third kappa shape index (κ3) is 5.52. The number of aryl methyl sites for hydroxylation is 1. The lowest BCUT2D eigenvalue weighted by atomic mass is 9.98. The number of piperidine rings is 1. The van der Waals surface area contributed by atoms with Crippen molar-refractivity contribution in [2.24, 2.45) is 0 Å². The Kier molecular flexibility index (Phi) is 8.05. The Bertz CT molecular complexity index is 1050. The second-order valence-electron chi connectivity index (χ2n) is 9.24. The van der Waals surface area contributed by atoms with Gasteiger partial charge in [-0.05, 0) is 51.3 Å². The van der Waals surface area contributed by atoms with Gasteiger partial charge in [0.25, 0.3) is 5.91 Å². The number of halogens is 2. The van der Waals surface area contributed by atoms with Crippen molar-refractivity contribution in [2.75, 3.05) is 31.1 Å². The van der Waals surface area contributed by atoms with E-state index < -0.39 is 24.0 Å². The van der Waals surface area contributed by atoms with E-state index in [0.29, 0.717) is 24.9 Å². The number of nitrogens with one attached hydrogen (secondary N) is 1. The molecule has 1 saturated heterocycles. The van der Waals surface area contributed by atoms with Gasteiger partial charge in [0.15, 0.2) is 5.75 Å². The standard InChI is InChI=1S/C24H32F2N4O6/c1-5-20(31)27-8-10-29-18-12-17(15(4)11-19(18)36-24(25,26)22(29)33)21(32)30(14(2)3)16-7-6-9-28(13-16)23(34)35/h11-12,14,16H,5-10,13H2,1-4H3,(H,27,31)(H,34,35). The summed E-state index contributed by atoms with van der Waals surface area (Å²) in [7, 11) is 0. The first-order chi connectivity index (χ1) is 16.9. The van der Waals surface area contributed by atoms with Gasteiger partial charge in [0, 0.05) is 44.2 Å². The number of amides is 4. The number of ether oxygens (including phenoxy) is 1. The molecule has 0 radical (unpaired) electrons. The Labute approximate surface area is 208 Å². The fourth-order valence-corrected chi connectivity index (χ4v) is 4.61. The molecule has 0 spiro atoms. The average molecular weight is 511 g/mol. The van der Waals surface area contributed by atoms with E-state index in [1.54, 1.807) is 18.7 Å². The van der Waals surface area contributed by atoms with Crippen molar-refractivity contribution in [1.82, 2.24) is 15.1 Å². The molecule has 10 nitrogen and oxygen atoms in total. The second kappa shape index (κ2) is 10.7. The molecule has 1 fully saturated rings. The Morgan fingerprint density at radius 3 is 2.61 bits per heavy atom. The van der Waals surface area contributed by atoms with Gasteiger partial charge in [0.1, 0.15) is 0 Å². The van der Waals surface area contributed by atoms with E-state index in [0.717, 1.165) is 4.90 Å². The summed E-state index contributed by atoms with van der Waals surface area (Å²) in [5, 5.41) is 12.0. The molecule has 3 rings (SSSR count). The molecule has 198 valence electrons. The van der Waals surface area contributed by atoms with Crippen molar-refractivity contribution in [3.8, 4) is 5.75 Å². The highest BCUT2D eigenvalue weighted by molar-refractivity contribution is 6.04. The normalized spacial score (nSPS) is 19.0. The zero-order valence-electron chi connectivity index (χ0n) is 20.8. The van der Waals surface area contributed by atoms with E-state index in [-0.39, 0.29) is 61.0 Å². The summed E-state index contributed by atoms with van der Waals surface area (Å²) in [5.41, 5.74) is 0.573. The molecule has 1 atom stereocenters. The van der Waals surface area contributed by atoms with Gasteiger partial charge in [-0.3, -0.25) is 19.3 Å². The van der Waals surface area contributed by atoms with E-state index >= 15 is 0 Å². The minimum Gasteiger partial charge on any atom is -0.465 e. The largest absolute Gasteiger partial charge is 0.482 e. The molecule has 12 heteroatoms. The molecule has 1 aromatic rings. The van der Waals surface area contributed by atoms with Crippen LogP contribution in [0.1, 0.15) is 56.0 Å². The first-order valence-electron chi connectivity index (χ1n) is 12.0. The first-order valence-corrected chi connectivity index (χ1v) is 12.0. The molecule has 4 amide bonds. The van der Waals surface area contributed by atoms with Crippen LogP contribution in [-0.2, 0) is 9.59 Å². The van der Waals surface area contributed by atoms with Gasteiger partial charge in [-0.2, -0.15) is 8.78 Å². The topological polar surface area (TPSA) is 119 Å². The Morgan fingerprint density at radius 2 is 2.00 bits per heavy atom. The molecule has 0 aromatic heterocycles. The lowest BCUT2D eigenvalue weighted by Gasteiger charge is -2.41. The highest BCUT2D eigenvalue weighted by Gasteiger charge is 2.50. The van der Waals surface area contributed by atoms with Gasteiger partial charge in [-0.1, -0.05) is 6.92 Å². The average Bonchev–Trinajstić information content (AvgIpc) is 2.80. The van der Waals surface area contributed by atoms with Crippen LogP contribution in [0.2, 0.25) is 0 Å². The third-order valence-corrected chi connectivity index (χ3v) is 6.39. The summed E-state index contributed by atoms with van der Waals surface area (Å²) >= 11 is 0. The number of rotatable bonds is 7. The summed E-state index contributed by atoms with van der Waals surface area (Å²) in [5.74, 6) is -2.53. The zero-order valence-corrected chi connectivity index (χ0v) is 20.8. The molecule has 36 heavy (non-hydrogen) atoms.